The number of benzene rings is 6. The minimum absolute atomic E-state index is 0.0586. The van der Waals surface area contributed by atoms with Crippen molar-refractivity contribution in [2.45, 2.75) is 182 Å². The maximum Gasteiger partial charge on any atom is 0.573 e. The van der Waals surface area contributed by atoms with Gasteiger partial charge in [0.25, 0.3) is 5.91 Å². The number of urea groups is 1. The third-order valence-electron chi connectivity index (χ3n) is 22.0. The van der Waals surface area contributed by atoms with Crippen LogP contribution < -0.4 is 78.0 Å². The zero-order valence-electron chi connectivity index (χ0n) is 68.1. The van der Waals surface area contributed by atoms with Gasteiger partial charge in [-0.1, -0.05) is 55.2 Å². The summed E-state index contributed by atoms with van der Waals surface area (Å²) in [4.78, 5) is 139. The quantitative estimate of drug-likeness (QED) is 0.0364. The number of amides is 10. The van der Waals surface area contributed by atoms with Crippen LogP contribution in [0.3, 0.4) is 0 Å². The number of carbonyl (C=O) groups is 9. The molecular formula is C82H95Cl2F3N12O27. The van der Waals surface area contributed by atoms with Crippen molar-refractivity contribution in [1.82, 2.24) is 52.9 Å². The van der Waals surface area contributed by atoms with Crippen LogP contribution >= 0.6 is 23.2 Å². The SMILES string of the molecule is CNC(CC(C)C)C(=O)NC1C(=O)NC(CC(N)=O)C(=O)NC2C(=O)NC3C(=O)NC(C(=O)NC(C(=O)NOC)c4cc(O)cc(O)c4-c4cc3ccc4O)C(O)c3ccc(c(Cl)c3)Oc3cc2cc(c3OC2OC(CO)C(O)C(O)C2OC2CC(C)(NCCOC3CCN(C(=O)Nc4ccc(OC(F)(F)F)cc4)CC3)C(O)C(C)O2)Oc2ccc(cc2Cl)C1O. The van der Waals surface area contributed by atoms with Gasteiger partial charge in [0, 0.05) is 54.5 Å². The summed E-state index contributed by atoms with van der Waals surface area (Å²) in [6, 6.07) is 3.67. The molecule has 14 rings (SSSR count). The van der Waals surface area contributed by atoms with Gasteiger partial charge in [0.05, 0.1) is 61.1 Å². The molecule has 8 aliphatic heterocycles. The number of phenols is 3. The molecule has 126 heavy (non-hydrogen) atoms. The Labute approximate surface area is 726 Å². The highest BCUT2D eigenvalue weighted by atomic mass is 35.5. The standard InChI is InChI=1S/C82H95Cl2F3N12O27/c1-34(2)23-48(89-5)72(110)96-63-65(105)37-8-15-52(46(83)25-37)121-54-27-39-28-55(69(54)125-79-70(68(108)67(107)56(33-100)123-79)124-58-32-81(4,71(109)35(3)120-58)90-19-22-119-42-17-20-99(21-18-42)80(117)91-40-10-12-43(13-11-40)126-82(85,86)87)122-53-16-9-38(26-47(53)84)66(106)64-77(115)95-62(78(116)98-118-6)45-29-41(101)30-51(103)59(45)44-24-36(7-14-50(44)102)60(74(112)97-64)94-75(113)61(39)93-73(111)49(31-57(88)104)92-76(63)114/h7-16,24-30,34-35,42,48-49,56,58,60-68,70-71,79,89-90,100-103,105-109H,17-23,31-33H2,1-6H3,(H2,88,104)(H,91,117)(H,92,114)(H,93,111)(H,94,113)(H,95,115)(H,96,110)(H,97,112)(H,98,116). The predicted molar refractivity (Wildman–Crippen MR) is 433 cm³/mol. The van der Waals surface area contributed by atoms with Crippen molar-refractivity contribution < 1.29 is 145 Å². The molecular weight excluding hydrogens is 1710 g/mol. The number of likely N-dealkylation sites (tertiary alicyclic amines) is 1. The van der Waals surface area contributed by atoms with Crippen molar-refractivity contribution in [2.24, 2.45) is 11.7 Å². The van der Waals surface area contributed by atoms with Gasteiger partial charge in [-0.3, -0.25) is 43.2 Å². The van der Waals surface area contributed by atoms with Gasteiger partial charge in [0.1, 0.15) is 101 Å². The van der Waals surface area contributed by atoms with Gasteiger partial charge in [-0.25, -0.2) is 10.3 Å². The molecule has 8 aliphatic rings. The zero-order chi connectivity index (χ0) is 91.2. The van der Waals surface area contributed by atoms with Crippen LogP contribution in [0.15, 0.2) is 103 Å². The first kappa shape index (κ1) is 93.9. The average Bonchev–Trinajstić information content (AvgIpc) is 0.761. The molecule has 680 valence electrons. The lowest BCUT2D eigenvalue weighted by Crippen LogP contribution is -2.65. The van der Waals surface area contributed by atoms with E-state index in [2.05, 4.69) is 58.1 Å². The molecule has 6 aromatic rings. The minimum Gasteiger partial charge on any atom is -0.508 e. The summed E-state index contributed by atoms with van der Waals surface area (Å²) in [6.07, 6.45) is -23.7. The Morgan fingerprint density at radius 3 is 1.96 bits per heavy atom. The number of anilines is 1. The van der Waals surface area contributed by atoms with Gasteiger partial charge >= 0.3 is 12.4 Å². The molecule has 11 bridgehead atoms. The summed E-state index contributed by atoms with van der Waals surface area (Å²) in [6.45, 7) is 6.40. The maximum absolute atomic E-state index is 16.3. The molecule has 0 spiro atoms. The van der Waals surface area contributed by atoms with Crippen molar-refractivity contribution in [1.29, 1.82) is 0 Å². The highest BCUT2D eigenvalue weighted by molar-refractivity contribution is 6.32. The molecule has 10 amide bonds. The molecule has 0 aliphatic carbocycles. The fourth-order valence-corrected chi connectivity index (χ4v) is 16.0. The van der Waals surface area contributed by atoms with Crippen LogP contribution in [-0.2, 0) is 62.1 Å². The summed E-state index contributed by atoms with van der Waals surface area (Å²) in [5.74, 6) is -16.0. The van der Waals surface area contributed by atoms with Gasteiger partial charge in [0.15, 0.2) is 23.9 Å². The number of rotatable bonds is 21. The lowest BCUT2D eigenvalue weighted by molar-refractivity contribution is -0.334. The molecule has 3 saturated heterocycles. The number of aromatic hydroxyl groups is 3. The highest BCUT2D eigenvalue weighted by Crippen LogP contribution is 2.50. The van der Waals surface area contributed by atoms with E-state index in [0.717, 1.165) is 86.0 Å². The Balaban J connectivity index is 0.957. The van der Waals surface area contributed by atoms with Crippen LogP contribution in [0.2, 0.25) is 10.0 Å². The summed E-state index contributed by atoms with van der Waals surface area (Å²) >= 11 is 14.3. The number of nitrogens with one attached hydrogen (secondary N) is 10. The number of ether oxygens (including phenoxy) is 8. The molecule has 0 saturated carbocycles. The molecule has 18 unspecified atom stereocenters. The second kappa shape index (κ2) is 39.8. The first-order chi connectivity index (χ1) is 59.7. The van der Waals surface area contributed by atoms with Crippen molar-refractivity contribution >= 4 is 82.2 Å². The number of carbonyl (C=O) groups excluding carboxylic acids is 9. The van der Waals surface area contributed by atoms with Crippen LogP contribution in [0, 0.1) is 5.92 Å². The van der Waals surface area contributed by atoms with Crippen molar-refractivity contribution in [3.63, 3.8) is 0 Å². The highest BCUT2D eigenvalue weighted by Gasteiger charge is 2.53. The largest absolute Gasteiger partial charge is 0.573 e. The number of aliphatic hydroxyl groups is 6. The monoisotopic (exact) mass is 1810 g/mol. The smallest absolute Gasteiger partial charge is 0.508 e. The van der Waals surface area contributed by atoms with E-state index in [0.29, 0.717) is 12.8 Å². The normalized spacial score (nSPS) is 26.9. The van der Waals surface area contributed by atoms with E-state index in [-0.39, 0.29) is 79.2 Å². The Morgan fingerprint density at radius 2 is 1.35 bits per heavy atom. The number of phenolic OH excluding ortho intramolecular Hbond substituents is 3. The molecule has 3 fully saturated rings. The minimum atomic E-state index is -4.91. The number of primary amides is 1. The Kier molecular flexibility index (Phi) is 29.7. The summed E-state index contributed by atoms with van der Waals surface area (Å²) in [5, 5.41) is 129. The lowest BCUT2D eigenvalue weighted by atomic mass is 9.85. The third kappa shape index (κ3) is 21.7. The van der Waals surface area contributed by atoms with Crippen LogP contribution in [0.4, 0.5) is 23.7 Å². The molecule has 0 aromatic heterocycles. The predicted octanol–water partition coefficient (Wildman–Crippen LogP) is 2.94. The molecule has 39 nitrogen and oxygen atoms in total. The van der Waals surface area contributed by atoms with Gasteiger partial charge in [-0.2, -0.15) is 0 Å². The van der Waals surface area contributed by atoms with E-state index < -0.39 is 260 Å². The summed E-state index contributed by atoms with van der Waals surface area (Å²) < 4.78 is 87.8. The van der Waals surface area contributed by atoms with Gasteiger partial charge in [0.2, 0.25) is 53.4 Å². The Hall–Kier alpha value is -11.2. The number of alkyl halides is 3. The second-order valence-corrected chi connectivity index (χ2v) is 32.3. The summed E-state index contributed by atoms with van der Waals surface area (Å²) in [5.41, 5.74) is 4.07. The zero-order valence-corrected chi connectivity index (χ0v) is 69.7. The lowest BCUT2D eigenvalue weighted by Gasteiger charge is -2.48. The van der Waals surface area contributed by atoms with Crippen LogP contribution in [-0.4, -0.2) is 243 Å². The number of piperidine rings is 1. The Bertz CT molecular complexity index is 5060. The van der Waals surface area contributed by atoms with E-state index >= 15 is 24.0 Å². The van der Waals surface area contributed by atoms with E-state index in [1.54, 1.807) is 6.92 Å². The molecule has 0 radical (unpaired) electrons. The van der Waals surface area contributed by atoms with Crippen LogP contribution in [0.25, 0.3) is 11.1 Å². The number of aliphatic hydroxyl groups excluding tert-OH is 6. The number of hydroxylamine groups is 1. The fourth-order valence-electron chi connectivity index (χ4n) is 15.5. The molecule has 6 aromatic carbocycles. The van der Waals surface area contributed by atoms with Gasteiger partial charge < -0.3 is 142 Å². The number of hydrogen-bond acceptors (Lipinski definition) is 29. The van der Waals surface area contributed by atoms with Crippen molar-refractivity contribution in [2.75, 3.05) is 52.3 Å². The number of nitrogens with zero attached hydrogens (tertiary/aromatic N) is 1. The number of fused-ring (bicyclic) bond motifs is 15. The maximum atomic E-state index is 16.3. The number of likely N-dealkylation sites (N-methyl/N-ethyl adjacent to an activating group) is 1. The second-order valence-electron chi connectivity index (χ2n) is 31.4. The van der Waals surface area contributed by atoms with Crippen molar-refractivity contribution in [3.8, 4) is 62.9 Å². The first-order valence-electron chi connectivity index (χ1n) is 39.8. The van der Waals surface area contributed by atoms with E-state index in [1.807, 2.05) is 13.8 Å². The van der Waals surface area contributed by atoms with Crippen LogP contribution in [0.1, 0.15) is 118 Å². The van der Waals surface area contributed by atoms with E-state index in [1.165, 1.54) is 43.1 Å². The average molecular weight is 1810 g/mol. The summed E-state index contributed by atoms with van der Waals surface area (Å²) in [7, 11) is 2.50. The van der Waals surface area contributed by atoms with Crippen molar-refractivity contribution in [3.05, 3.63) is 141 Å². The van der Waals surface area contributed by atoms with E-state index in [4.69, 9.17) is 66.9 Å². The third-order valence-corrected chi connectivity index (χ3v) is 22.6. The molecule has 44 heteroatoms. The van der Waals surface area contributed by atoms with Crippen LogP contribution in [0.5, 0.6) is 51.7 Å². The number of nitrogens with two attached hydrogens (primary N) is 1. The molecule has 21 N–H and O–H groups in total. The molecule has 18 atom stereocenters. The van der Waals surface area contributed by atoms with Gasteiger partial charge in [-0.15, -0.1) is 13.2 Å². The van der Waals surface area contributed by atoms with Gasteiger partial charge in [-0.05, 0) is 153 Å². The first-order valence-corrected chi connectivity index (χ1v) is 40.5. The molecule has 8 heterocycles. The number of hydrogen-bond donors (Lipinski definition) is 20. The topological polar surface area (TPSA) is 568 Å². The fraction of sp³-hybridized carbons (Fsp3) is 0.451. The Morgan fingerprint density at radius 1 is 0.722 bits per heavy atom. The van der Waals surface area contributed by atoms with E-state index in [9.17, 15) is 78.3 Å². The number of halogens is 5.